The maximum atomic E-state index is 13.3. The van der Waals surface area contributed by atoms with E-state index in [2.05, 4.69) is 4.98 Å². The van der Waals surface area contributed by atoms with E-state index in [1.807, 2.05) is 45.9 Å². The Kier molecular flexibility index (Phi) is 6.83. The van der Waals surface area contributed by atoms with Gasteiger partial charge < -0.3 is 19.6 Å². The topological polar surface area (TPSA) is 107 Å². The number of hydrogen-bond donors (Lipinski definition) is 2. The molecule has 0 aliphatic carbocycles. The first-order valence-electron chi connectivity index (χ1n) is 10.7. The van der Waals surface area contributed by atoms with Crippen LogP contribution in [0.2, 0.25) is 0 Å². The van der Waals surface area contributed by atoms with Crippen molar-refractivity contribution in [3.05, 3.63) is 52.3 Å². The van der Waals surface area contributed by atoms with Crippen molar-refractivity contribution in [2.24, 2.45) is 0 Å². The van der Waals surface area contributed by atoms with Gasteiger partial charge in [-0.15, -0.1) is 17.0 Å². The molecule has 0 bridgehead atoms. The van der Waals surface area contributed by atoms with Crippen molar-refractivity contribution in [2.45, 2.75) is 39.7 Å². The summed E-state index contributed by atoms with van der Waals surface area (Å²) in [5.41, 5.74) is 4.09. The molecule has 4 rings (SSSR count). The van der Waals surface area contributed by atoms with Gasteiger partial charge in [0.05, 0.1) is 18.8 Å². The van der Waals surface area contributed by atoms with Crippen LogP contribution in [-0.2, 0) is 16.8 Å². The molecule has 0 saturated heterocycles. The third kappa shape index (κ3) is 4.88. The fourth-order valence-electron chi connectivity index (χ4n) is 4.18. The van der Waals surface area contributed by atoms with E-state index in [1.165, 1.54) is 0 Å². The number of nitrogens with one attached hydrogen (secondary N) is 1. The molecule has 33 heavy (non-hydrogen) atoms. The summed E-state index contributed by atoms with van der Waals surface area (Å²) in [5.74, 6) is -0.171. The molecule has 0 fully saturated rings. The van der Waals surface area contributed by atoms with E-state index in [0.717, 1.165) is 16.8 Å². The highest BCUT2D eigenvalue weighted by atomic mass is 79.9. The minimum atomic E-state index is -0.932. The Balaban J connectivity index is 0.00000306. The summed E-state index contributed by atoms with van der Waals surface area (Å²) in [7, 11) is 0. The second-order valence-electron chi connectivity index (χ2n) is 9.37. The van der Waals surface area contributed by atoms with Crippen molar-refractivity contribution < 1.29 is 19.4 Å². The molecule has 0 unspecified atom stereocenters. The number of nitrogens with zero attached hydrogens (tertiary/aromatic N) is 3. The molecule has 2 N–H and O–H groups in total. The number of carbonyl (C=O) groups excluding carboxylic acids is 1. The maximum Gasteiger partial charge on any atom is 0.323 e. The number of ketones is 1. The van der Waals surface area contributed by atoms with Gasteiger partial charge >= 0.3 is 5.97 Å². The van der Waals surface area contributed by atoms with Crippen LogP contribution in [0.4, 0.5) is 5.69 Å². The van der Waals surface area contributed by atoms with Gasteiger partial charge in [-0.1, -0.05) is 26.8 Å². The predicted molar refractivity (Wildman–Crippen MR) is 131 cm³/mol. The number of carbonyl (C=O) groups is 2. The quantitative estimate of drug-likeness (QED) is 0.584. The van der Waals surface area contributed by atoms with Crippen molar-refractivity contribution in [1.82, 2.24) is 9.88 Å². The highest BCUT2D eigenvalue weighted by molar-refractivity contribution is 8.93. The molecule has 2 aromatic rings. The summed E-state index contributed by atoms with van der Waals surface area (Å²) in [4.78, 5) is 32.6. The lowest BCUT2D eigenvalue weighted by molar-refractivity contribution is -0.135. The zero-order valence-corrected chi connectivity index (χ0v) is 21.0. The summed E-state index contributed by atoms with van der Waals surface area (Å²) in [6, 6.07) is 7.44. The van der Waals surface area contributed by atoms with Crippen LogP contribution in [0.25, 0.3) is 0 Å². The number of aromatic nitrogens is 1. The van der Waals surface area contributed by atoms with Gasteiger partial charge in [-0.2, -0.15) is 0 Å². The summed E-state index contributed by atoms with van der Waals surface area (Å²) < 4.78 is 5.93. The number of hydrogen-bond acceptors (Lipinski definition) is 6. The van der Waals surface area contributed by atoms with Crippen LogP contribution in [0.15, 0.2) is 24.3 Å². The van der Waals surface area contributed by atoms with Crippen LogP contribution >= 0.6 is 17.0 Å². The van der Waals surface area contributed by atoms with Crippen LogP contribution < -0.4 is 9.64 Å². The highest BCUT2D eigenvalue weighted by Crippen LogP contribution is 2.42. The molecule has 8 nitrogen and oxygen atoms in total. The lowest BCUT2D eigenvalue weighted by atomic mass is 9.84. The fraction of sp³-hybridized carbons (Fsp3) is 0.417. The van der Waals surface area contributed by atoms with Gasteiger partial charge in [0.1, 0.15) is 30.4 Å². The van der Waals surface area contributed by atoms with Gasteiger partial charge in [0, 0.05) is 28.9 Å². The Hall–Kier alpha value is -2.94. The molecule has 0 radical (unpaired) electrons. The first-order valence-corrected chi connectivity index (χ1v) is 10.7. The lowest BCUT2D eigenvalue weighted by Crippen LogP contribution is -2.38. The molecule has 0 spiro atoms. The van der Waals surface area contributed by atoms with E-state index in [1.54, 1.807) is 15.9 Å². The molecule has 9 heteroatoms. The molecule has 1 aromatic carbocycles. The summed E-state index contributed by atoms with van der Waals surface area (Å²) in [6.07, 6.45) is 0. The van der Waals surface area contributed by atoms with Crippen LogP contribution in [0, 0.1) is 12.3 Å². The van der Waals surface area contributed by atoms with Crippen molar-refractivity contribution in [1.29, 1.82) is 5.41 Å². The molecule has 0 amide bonds. The van der Waals surface area contributed by atoms with E-state index in [-0.39, 0.29) is 47.1 Å². The number of carboxylic acid groups (broad SMARTS) is 1. The largest absolute Gasteiger partial charge is 0.489 e. The number of rotatable bonds is 5. The first-order chi connectivity index (χ1) is 15.0. The Labute approximate surface area is 203 Å². The number of Topliss-reactive ketones (excluding diaryl/α,β-unsaturated/α-hetero) is 1. The summed E-state index contributed by atoms with van der Waals surface area (Å²) in [6.45, 7) is 9.20. The van der Waals surface area contributed by atoms with Crippen molar-refractivity contribution in [2.75, 3.05) is 31.1 Å². The lowest BCUT2D eigenvalue weighted by Gasteiger charge is -2.34. The van der Waals surface area contributed by atoms with Gasteiger partial charge in [-0.25, -0.2) is 4.98 Å². The monoisotopic (exact) mass is 516 g/mol. The van der Waals surface area contributed by atoms with Crippen LogP contribution in [0.1, 0.15) is 53.6 Å². The van der Waals surface area contributed by atoms with Gasteiger partial charge in [0.25, 0.3) is 0 Å². The Bertz CT molecular complexity index is 1130. The average Bonchev–Trinajstić information content (AvgIpc) is 3.01. The van der Waals surface area contributed by atoms with Gasteiger partial charge in [0.15, 0.2) is 5.78 Å². The number of anilines is 1. The van der Waals surface area contributed by atoms with Crippen molar-refractivity contribution in [3.63, 3.8) is 0 Å². The minimum absolute atomic E-state index is 0. The second-order valence-corrected chi connectivity index (χ2v) is 9.37. The van der Waals surface area contributed by atoms with E-state index >= 15 is 0 Å². The molecule has 1 aromatic heterocycles. The number of amidine groups is 1. The average molecular weight is 517 g/mol. The van der Waals surface area contributed by atoms with Gasteiger partial charge in [0.2, 0.25) is 0 Å². The number of pyridine rings is 1. The first kappa shape index (κ1) is 24.7. The molecular weight excluding hydrogens is 488 g/mol. The normalized spacial score (nSPS) is 14.8. The Morgan fingerprint density at radius 1 is 1.18 bits per heavy atom. The Morgan fingerprint density at radius 3 is 2.58 bits per heavy atom. The highest BCUT2D eigenvalue weighted by Gasteiger charge is 2.31. The number of aliphatic carboxylic acids is 1. The van der Waals surface area contributed by atoms with Gasteiger partial charge in [-0.3, -0.25) is 15.0 Å². The molecule has 176 valence electrons. The van der Waals surface area contributed by atoms with Crippen LogP contribution in [0.5, 0.6) is 5.75 Å². The third-order valence-electron chi connectivity index (χ3n) is 5.83. The van der Waals surface area contributed by atoms with E-state index in [4.69, 9.17) is 10.1 Å². The van der Waals surface area contributed by atoms with E-state index in [0.29, 0.717) is 42.4 Å². The zero-order valence-electron chi connectivity index (χ0n) is 19.3. The maximum absolute atomic E-state index is 13.3. The second kappa shape index (κ2) is 9.13. The van der Waals surface area contributed by atoms with Crippen LogP contribution in [0.3, 0.4) is 0 Å². The number of benzene rings is 1. The number of halogens is 1. The van der Waals surface area contributed by atoms with E-state index < -0.39 is 5.97 Å². The molecule has 3 heterocycles. The molecular formula is C24H29BrN4O4. The summed E-state index contributed by atoms with van der Waals surface area (Å²) >= 11 is 0. The number of fused-ring (bicyclic) bond motifs is 2. The van der Waals surface area contributed by atoms with Crippen molar-refractivity contribution in [3.8, 4) is 5.75 Å². The van der Waals surface area contributed by atoms with E-state index in [9.17, 15) is 14.7 Å². The number of carboxylic acids is 1. The molecule has 2 aliphatic rings. The SMILES string of the molecule is Br.Cc1ccc2c(n1)C(=N)N(CC(=O)c1cc3c(c(C(C)(C)C)c1)OCCN3CC(=O)O)C2. The zero-order chi connectivity index (χ0) is 23.2. The predicted octanol–water partition coefficient (Wildman–Crippen LogP) is 3.57. The summed E-state index contributed by atoms with van der Waals surface area (Å²) in [5, 5.41) is 17.8. The van der Waals surface area contributed by atoms with Crippen LogP contribution in [-0.4, -0.2) is 58.8 Å². The van der Waals surface area contributed by atoms with Crippen molar-refractivity contribution >= 4 is 40.3 Å². The smallest absolute Gasteiger partial charge is 0.323 e. The molecule has 2 aliphatic heterocycles. The fourth-order valence-corrected chi connectivity index (χ4v) is 4.18. The molecule has 0 atom stereocenters. The standard InChI is InChI=1S/C24H28N4O4.BrH/c1-14-5-6-15-11-28(23(25)21(15)26-14)12-19(29)16-9-17(24(2,3)4)22-18(10-16)27(7-8-32-22)13-20(30)31;/h5-6,9-10,25H,7-8,11-13H2,1-4H3,(H,30,31);1H. The Morgan fingerprint density at radius 2 is 1.91 bits per heavy atom. The number of ether oxygens (including phenoxy) is 1. The minimum Gasteiger partial charge on any atom is -0.489 e. The molecule has 0 saturated carbocycles. The number of aryl methyl sites for hydroxylation is 1. The third-order valence-corrected chi connectivity index (χ3v) is 5.83. The van der Waals surface area contributed by atoms with Gasteiger partial charge in [-0.05, 0) is 30.5 Å².